The monoisotopic (exact) mass is 243 g/mol. The summed E-state index contributed by atoms with van der Waals surface area (Å²) in [7, 11) is 1.70. The van der Waals surface area contributed by atoms with Gasteiger partial charge in [0.25, 0.3) is 0 Å². The van der Waals surface area contributed by atoms with Crippen LogP contribution in [-0.4, -0.2) is 37.1 Å². The lowest BCUT2D eigenvalue weighted by Gasteiger charge is -2.02. The van der Waals surface area contributed by atoms with Crippen molar-refractivity contribution in [2.75, 3.05) is 26.9 Å². The lowest BCUT2D eigenvalue weighted by Crippen LogP contribution is -2.18. The zero-order chi connectivity index (χ0) is 11.2. The number of aromatic nitrogens is 2. The van der Waals surface area contributed by atoms with Gasteiger partial charge in [-0.05, 0) is 12.8 Å². The summed E-state index contributed by atoms with van der Waals surface area (Å²) < 4.78 is 10.5. The van der Waals surface area contributed by atoms with Crippen LogP contribution in [0.4, 0.5) is 0 Å². The fourth-order valence-corrected chi connectivity index (χ4v) is 2.51. The van der Waals surface area contributed by atoms with Gasteiger partial charge < -0.3 is 14.8 Å². The fraction of sp³-hybridized carbons (Fsp3) is 0.800. The van der Waals surface area contributed by atoms with Gasteiger partial charge in [-0.15, -0.1) is 10.2 Å². The third kappa shape index (κ3) is 3.21. The maximum Gasteiger partial charge on any atom is 0.146 e. The highest BCUT2D eigenvalue weighted by molar-refractivity contribution is 7.11. The number of methoxy groups -OCH3 is 1. The summed E-state index contributed by atoms with van der Waals surface area (Å²) in [6, 6.07) is 0. The molecular formula is C10H17N3O2S. The number of rotatable bonds is 6. The summed E-state index contributed by atoms with van der Waals surface area (Å²) >= 11 is 1.64. The largest absolute Gasteiger partial charge is 0.383 e. The van der Waals surface area contributed by atoms with E-state index < -0.39 is 0 Å². The normalized spacial score (nSPS) is 20.4. The Morgan fingerprint density at radius 2 is 2.50 bits per heavy atom. The Labute approximate surface area is 99.2 Å². The van der Waals surface area contributed by atoms with Crippen LogP contribution in [0.1, 0.15) is 29.0 Å². The van der Waals surface area contributed by atoms with Crippen molar-refractivity contribution in [1.82, 2.24) is 15.5 Å². The van der Waals surface area contributed by atoms with Crippen LogP contribution in [0.2, 0.25) is 0 Å². The minimum atomic E-state index is 0.185. The Hall–Kier alpha value is -0.560. The topological polar surface area (TPSA) is 56.3 Å². The van der Waals surface area contributed by atoms with Crippen molar-refractivity contribution in [3.8, 4) is 0 Å². The highest BCUT2D eigenvalue weighted by Crippen LogP contribution is 2.30. The second kappa shape index (κ2) is 6.24. The van der Waals surface area contributed by atoms with Crippen LogP contribution >= 0.6 is 11.3 Å². The quantitative estimate of drug-likeness (QED) is 0.759. The molecule has 0 spiro atoms. The van der Waals surface area contributed by atoms with Crippen LogP contribution in [0, 0.1) is 0 Å². The second-order valence-electron chi connectivity index (χ2n) is 3.71. The van der Waals surface area contributed by atoms with E-state index in [0.717, 1.165) is 49.2 Å². The molecule has 0 aromatic carbocycles. The predicted octanol–water partition coefficient (Wildman–Crippen LogP) is 1.13. The number of nitrogens with zero attached hydrogens (tertiary/aromatic N) is 2. The first kappa shape index (κ1) is 11.9. The van der Waals surface area contributed by atoms with Gasteiger partial charge in [0.05, 0.1) is 6.61 Å². The third-order valence-electron chi connectivity index (χ3n) is 2.45. The standard InChI is InChI=1S/C10H17N3O2S/c1-14-6-4-11-7-9-12-13-10(16-9)8-3-2-5-15-8/h8,11H,2-7H2,1H3. The van der Waals surface area contributed by atoms with E-state index >= 15 is 0 Å². The van der Waals surface area contributed by atoms with E-state index in [2.05, 4.69) is 15.5 Å². The molecule has 0 aliphatic carbocycles. The van der Waals surface area contributed by atoms with E-state index in [9.17, 15) is 0 Å². The summed E-state index contributed by atoms with van der Waals surface area (Å²) in [5.74, 6) is 0. The van der Waals surface area contributed by atoms with Crippen molar-refractivity contribution in [3.63, 3.8) is 0 Å². The van der Waals surface area contributed by atoms with Gasteiger partial charge >= 0.3 is 0 Å². The molecule has 1 saturated heterocycles. The van der Waals surface area contributed by atoms with E-state index in [1.54, 1.807) is 18.4 Å². The molecule has 2 heterocycles. The van der Waals surface area contributed by atoms with Crippen molar-refractivity contribution in [2.24, 2.45) is 0 Å². The molecule has 0 amide bonds. The van der Waals surface area contributed by atoms with E-state index in [-0.39, 0.29) is 6.10 Å². The van der Waals surface area contributed by atoms with Crippen molar-refractivity contribution >= 4 is 11.3 Å². The lowest BCUT2D eigenvalue weighted by molar-refractivity contribution is 0.111. The van der Waals surface area contributed by atoms with Gasteiger partial charge in [0.15, 0.2) is 0 Å². The second-order valence-corrected chi connectivity index (χ2v) is 4.80. The molecule has 1 atom stereocenters. The molecule has 16 heavy (non-hydrogen) atoms. The van der Waals surface area contributed by atoms with Gasteiger partial charge in [-0.25, -0.2) is 0 Å². The zero-order valence-electron chi connectivity index (χ0n) is 9.44. The molecule has 2 rings (SSSR count). The van der Waals surface area contributed by atoms with E-state index in [0.29, 0.717) is 0 Å². The Kier molecular flexibility index (Phi) is 4.65. The maximum atomic E-state index is 5.56. The molecule has 1 N–H and O–H groups in total. The SMILES string of the molecule is COCCNCc1nnc(C2CCCO2)s1. The van der Waals surface area contributed by atoms with E-state index in [1.165, 1.54) is 0 Å². The van der Waals surface area contributed by atoms with E-state index in [1.807, 2.05) is 0 Å². The molecular weight excluding hydrogens is 226 g/mol. The molecule has 1 unspecified atom stereocenters. The first-order chi connectivity index (χ1) is 7.90. The first-order valence-electron chi connectivity index (χ1n) is 5.53. The lowest BCUT2D eigenvalue weighted by atomic mass is 10.2. The number of ether oxygens (including phenoxy) is 2. The summed E-state index contributed by atoms with van der Waals surface area (Å²) in [6.45, 7) is 3.17. The Bertz CT molecular complexity index is 313. The highest BCUT2D eigenvalue weighted by atomic mass is 32.1. The van der Waals surface area contributed by atoms with Crippen molar-refractivity contribution < 1.29 is 9.47 Å². The highest BCUT2D eigenvalue weighted by Gasteiger charge is 2.21. The predicted molar refractivity (Wildman–Crippen MR) is 61.4 cm³/mol. The molecule has 1 aromatic heterocycles. The summed E-state index contributed by atoms with van der Waals surface area (Å²) in [5.41, 5.74) is 0. The van der Waals surface area contributed by atoms with Gasteiger partial charge in [-0.3, -0.25) is 0 Å². The molecule has 1 fully saturated rings. The average molecular weight is 243 g/mol. The van der Waals surface area contributed by atoms with Crippen LogP contribution in [0.25, 0.3) is 0 Å². The van der Waals surface area contributed by atoms with Crippen LogP contribution < -0.4 is 5.32 Å². The molecule has 6 heteroatoms. The summed E-state index contributed by atoms with van der Waals surface area (Å²) in [4.78, 5) is 0. The van der Waals surface area contributed by atoms with Crippen LogP contribution in [0.15, 0.2) is 0 Å². The molecule has 0 saturated carbocycles. The van der Waals surface area contributed by atoms with Gasteiger partial charge in [0.2, 0.25) is 0 Å². The maximum absolute atomic E-state index is 5.56. The molecule has 5 nitrogen and oxygen atoms in total. The fourth-order valence-electron chi connectivity index (χ4n) is 1.61. The van der Waals surface area contributed by atoms with Gasteiger partial charge in [-0.1, -0.05) is 11.3 Å². The third-order valence-corrected chi connectivity index (χ3v) is 3.46. The Morgan fingerprint density at radius 3 is 3.25 bits per heavy atom. The number of hydrogen-bond donors (Lipinski definition) is 1. The van der Waals surface area contributed by atoms with Crippen LogP contribution in [0.3, 0.4) is 0 Å². The minimum Gasteiger partial charge on any atom is -0.383 e. The van der Waals surface area contributed by atoms with Crippen LogP contribution in [0.5, 0.6) is 0 Å². The Morgan fingerprint density at radius 1 is 1.56 bits per heavy atom. The smallest absolute Gasteiger partial charge is 0.146 e. The molecule has 1 aromatic rings. The molecule has 1 aliphatic heterocycles. The average Bonchev–Trinajstić information content (AvgIpc) is 2.94. The van der Waals surface area contributed by atoms with Gasteiger partial charge in [0.1, 0.15) is 16.1 Å². The molecule has 0 bridgehead atoms. The molecule has 1 aliphatic rings. The van der Waals surface area contributed by atoms with Crippen molar-refractivity contribution in [1.29, 1.82) is 0 Å². The van der Waals surface area contributed by atoms with Crippen molar-refractivity contribution in [2.45, 2.75) is 25.5 Å². The minimum absolute atomic E-state index is 0.185. The zero-order valence-corrected chi connectivity index (χ0v) is 10.3. The summed E-state index contributed by atoms with van der Waals surface area (Å²) in [5, 5.41) is 13.6. The summed E-state index contributed by atoms with van der Waals surface area (Å²) in [6.07, 6.45) is 2.39. The molecule has 0 radical (unpaired) electrons. The van der Waals surface area contributed by atoms with Gasteiger partial charge in [-0.2, -0.15) is 0 Å². The first-order valence-corrected chi connectivity index (χ1v) is 6.35. The van der Waals surface area contributed by atoms with Crippen molar-refractivity contribution in [3.05, 3.63) is 10.0 Å². The molecule has 90 valence electrons. The number of nitrogens with one attached hydrogen (secondary N) is 1. The Balaban J connectivity index is 1.77. The van der Waals surface area contributed by atoms with Crippen LogP contribution in [-0.2, 0) is 16.0 Å². The number of hydrogen-bond acceptors (Lipinski definition) is 6. The van der Waals surface area contributed by atoms with Gasteiger partial charge in [0, 0.05) is 26.8 Å². The van der Waals surface area contributed by atoms with E-state index in [4.69, 9.17) is 9.47 Å².